The molecule has 142 valence electrons. The lowest BCUT2D eigenvalue weighted by Crippen LogP contribution is -2.13. The fourth-order valence-corrected chi connectivity index (χ4v) is 2.79. The molecule has 28 heavy (non-hydrogen) atoms. The third-order valence-electron chi connectivity index (χ3n) is 4.23. The minimum Gasteiger partial charge on any atom is -0.465 e. The minimum absolute atomic E-state index is 0.00112. The zero-order valence-corrected chi connectivity index (χ0v) is 15.5. The second kappa shape index (κ2) is 10.1. The van der Waals surface area contributed by atoms with Crippen molar-refractivity contribution >= 4 is 11.9 Å². The highest BCUT2D eigenvalue weighted by Gasteiger charge is 2.13. The van der Waals surface area contributed by atoms with Gasteiger partial charge < -0.3 is 9.47 Å². The lowest BCUT2D eigenvalue weighted by Gasteiger charge is -2.10. The normalized spacial score (nSPS) is 10.3. The number of esters is 2. The smallest absolute Gasteiger partial charge is 0.311 e. The number of ether oxygens (including phenoxy) is 2. The molecule has 3 aromatic carbocycles. The summed E-state index contributed by atoms with van der Waals surface area (Å²) in [6, 6.07) is 26.8. The quantitative estimate of drug-likeness (QED) is 0.419. The first kappa shape index (κ1) is 19.4. The Morgan fingerprint density at radius 2 is 1.29 bits per heavy atom. The molecular formula is C24H22O4. The van der Waals surface area contributed by atoms with Crippen LogP contribution in [-0.2, 0) is 20.7 Å². The van der Waals surface area contributed by atoms with Crippen LogP contribution >= 0.6 is 0 Å². The molecule has 0 unspecified atom stereocenters. The molecule has 0 spiro atoms. The van der Waals surface area contributed by atoms with Gasteiger partial charge >= 0.3 is 11.9 Å². The zero-order chi connectivity index (χ0) is 19.6. The van der Waals surface area contributed by atoms with Gasteiger partial charge in [0.05, 0.1) is 19.4 Å². The standard InChI is InChI=1S/C24H22O4/c25-23(27-18-17-19-9-3-1-4-10-19)15-16-24(26)28-22-14-8-7-13-21(22)20-11-5-2-6-12-20/h1-14H,15-18H2. The predicted octanol–water partition coefficient (Wildman–Crippen LogP) is 4.83. The van der Waals surface area contributed by atoms with Gasteiger partial charge in [-0.25, -0.2) is 0 Å². The van der Waals surface area contributed by atoms with E-state index in [9.17, 15) is 9.59 Å². The van der Waals surface area contributed by atoms with E-state index in [0.29, 0.717) is 18.8 Å². The number of carbonyl (C=O) groups is 2. The molecule has 0 radical (unpaired) electrons. The Hall–Kier alpha value is -3.40. The van der Waals surface area contributed by atoms with Gasteiger partial charge in [0, 0.05) is 12.0 Å². The molecular weight excluding hydrogens is 352 g/mol. The van der Waals surface area contributed by atoms with E-state index < -0.39 is 11.9 Å². The third kappa shape index (κ3) is 5.81. The van der Waals surface area contributed by atoms with Crippen molar-refractivity contribution in [1.82, 2.24) is 0 Å². The van der Waals surface area contributed by atoms with Crippen LogP contribution in [0.5, 0.6) is 5.75 Å². The van der Waals surface area contributed by atoms with Crippen molar-refractivity contribution in [3.8, 4) is 16.9 Å². The molecule has 0 aliphatic carbocycles. The maximum atomic E-state index is 12.2. The van der Waals surface area contributed by atoms with Crippen molar-refractivity contribution in [2.24, 2.45) is 0 Å². The summed E-state index contributed by atoms with van der Waals surface area (Å²) in [7, 11) is 0. The van der Waals surface area contributed by atoms with Crippen molar-refractivity contribution in [2.45, 2.75) is 19.3 Å². The van der Waals surface area contributed by atoms with E-state index in [4.69, 9.17) is 9.47 Å². The first-order valence-electron chi connectivity index (χ1n) is 9.27. The van der Waals surface area contributed by atoms with E-state index in [0.717, 1.165) is 16.7 Å². The first-order valence-corrected chi connectivity index (χ1v) is 9.27. The van der Waals surface area contributed by atoms with Gasteiger partial charge in [-0.05, 0) is 17.2 Å². The Balaban J connectivity index is 1.46. The molecule has 0 aliphatic heterocycles. The van der Waals surface area contributed by atoms with Crippen molar-refractivity contribution in [2.75, 3.05) is 6.61 Å². The number of carbonyl (C=O) groups excluding carboxylic acids is 2. The molecule has 0 aliphatic rings. The van der Waals surface area contributed by atoms with Crippen molar-refractivity contribution in [3.05, 3.63) is 90.5 Å². The predicted molar refractivity (Wildman–Crippen MR) is 108 cm³/mol. The molecule has 3 rings (SSSR count). The lowest BCUT2D eigenvalue weighted by atomic mass is 10.1. The summed E-state index contributed by atoms with van der Waals surface area (Å²) >= 11 is 0. The minimum atomic E-state index is -0.455. The molecule has 3 aromatic rings. The molecule has 0 fully saturated rings. The van der Waals surface area contributed by atoms with E-state index in [1.165, 1.54) is 0 Å². The fourth-order valence-electron chi connectivity index (χ4n) is 2.79. The second-order valence-corrected chi connectivity index (χ2v) is 6.29. The average molecular weight is 374 g/mol. The molecule has 0 bridgehead atoms. The molecule has 0 heterocycles. The summed E-state index contributed by atoms with van der Waals surface area (Å²) < 4.78 is 10.7. The number of para-hydroxylation sites is 1. The summed E-state index contributed by atoms with van der Waals surface area (Å²) in [6.45, 7) is 0.300. The highest BCUT2D eigenvalue weighted by molar-refractivity contribution is 5.81. The molecule has 0 amide bonds. The maximum Gasteiger partial charge on any atom is 0.311 e. The summed E-state index contributed by atoms with van der Waals surface area (Å²) in [5.74, 6) is -0.372. The number of benzene rings is 3. The Bertz CT molecular complexity index is 904. The summed E-state index contributed by atoms with van der Waals surface area (Å²) in [5, 5.41) is 0. The molecule has 0 saturated carbocycles. The van der Waals surface area contributed by atoms with E-state index >= 15 is 0 Å². The van der Waals surface area contributed by atoms with Crippen molar-refractivity contribution < 1.29 is 19.1 Å². The van der Waals surface area contributed by atoms with Crippen molar-refractivity contribution in [1.29, 1.82) is 0 Å². The van der Waals surface area contributed by atoms with Crippen LogP contribution in [0.3, 0.4) is 0 Å². The van der Waals surface area contributed by atoms with E-state index in [1.54, 1.807) is 6.07 Å². The third-order valence-corrected chi connectivity index (χ3v) is 4.23. The van der Waals surface area contributed by atoms with Gasteiger partial charge in [-0.3, -0.25) is 9.59 Å². The van der Waals surface area contributed by atoms with Crippen LogP contribution in [0.4, 0.5) is 0 Å². The number of rotatable bonds is 8. The Labute approximate surface area is 164 Å². The summed E-state index contributed by atoms with van der Waals surface area (Å²) in [5.41, 5.74) is 2.90. The topological polar surface area (TPSA) is 52.6 Å². The largest absolute Gasteiger partial charge is 0.465 e. The summed E-state index contributed by atoms with van der Waals surface area (Å²) in [4.78, 5) is 24.0. The van der Waals surface area contributed by atoms with Crippen LogP contribution in [0.15, 0.2) is 84.9 Å². The number of hydrogen-bond donors (Lipinski definition) is 0. The molecule has 0 atom stereocenters. The van der Waals surface area contributed by atoms with Crippen LogP contribution < -0.4 is 4.74 Å². The highest BCUT2D eigenvalue weighted by atomic mass is 16.5. The van der Waals surface area contributed by atoms with Crippen LogP contribution in [0, 0.1) is 0 Å². The SMILES string of the molecule is O=C(CCC(=O)Oc1ccccc1-c1ccccc1)OCCc1ccccc1. The Kier molecular flexibility index (Phi) is 6.96. The molecule has 4 nitrogen and oxygen atoms in total. The first-order chi connectivity index (χ1) is 13.7. The average Bonchev–Trinajstić information content (AvgIpc) is 2.74. The molecule has 0 saturated heterocycles. The molecule has 0 aromatic heterocycles. The zero-order valence-electron chi connectivity index (χ0n) is 15.5. The monoisotopic (exact) mass is 374 g/mol. The molecule has 4 heteroatoms. The van der Waals surface area contributed by atoms with Gasteiger partial charge in [-0.15, -0.1) is 0 Å². The maximum absolute atomic E-state index is 12.2. The van der Waals surface area contributed by atoms with Crippen LogP contribution in [-0.4, -0.2) is 18.5 Å². The van der Waals surface area contributed by atoms with Gasteiger partial charge in [0.15, 0.2) is 0 Å². The van der Waals surface area contributed by atoms with Gasteiger partial charge in [0.1, 0.15) is 5.75 Å². The van der Waals surface area contributed by atoms with E-state index in [2.05, 4.69) is 0 Å². The van der Waals surface area contributed by atoms with Crippen LogP contribution in [0.1, 0.15) is 18.4 Å². The summed E-state index contributed by atoms with van der Waals surface area (Å²) in [6.07, 6.45) is 0.635. The highest BCUT2D eigenvalue weighted by Crippen LogP contribution is 2.29. The van der Waals surface area contributed by atoms with Crippen molar-refractivity contribution in [3.63, 3.8) is 0 Å². The van der Waals surface area contributed by atoms with Crippen LogP contribution in [0.2, 0.25) is 0 Å². The fraction of sp³-hybridized carbons (Fsp3) is 0.167. The van der Waals surface area contributed by atoms with E-state index in [1.807, 2.05) is 78.9 Å². The Morgan fingerprint density at radius 3 is 2.04 bits per heavy atom. The number of hydrogen-bond acceptors (Lipinski definition) is 4. The molecule has 0 N–H and O–H groups in total. The van der Waals surface area contributed by atoms with Crippen LogP contribution in [0.25, 0.3) is 11.1 Å². The van der Waals surface area contributed by atoms with E-state index in [-0.39, 0.29) is 12.8 Å². The van der Waals surface area contributed by atoms with Gasteiger partial charge in [-0.1, -0.05) is 78.9 Å². The van der Waals surface area contributed by atoms with Gasteiger partial charge in [-0.2, -0.15) is 0 Å². The van der Waals surface area contributed by atoms with Gasteiger partial charge in [0.2, 0.25) is 0 Å². The second-order valence-electron chi connectivity index (χ2n) is 6.29. The van der Waals surface area contributed by atoms with Gasteiger partial charge in [0.25, 0.3) is 0 Å². The Morgan fingerprint density at radius 1 is 0.679 bits per heavy atom. The lowest BCUT2D eigenvalue weighted by molar-refractivity contribution is -0.146.